The van der Waals surface area contributed by atoms with Crippen molar-refractivity contribution in [2.45, 2.75) is 138 Å². The van der Waals surface area contributed by atoms with Gasteiger partial charge in [0.15, 0.2) is 23.8 Å². The van der Waals surface area contributed by atoms with Crippen LogP contribution in [0, 0.1) is 0 Å². The zero-order chi connectivity index (χ0) is 69.7. The molecule has 3 aromatic carbocycles. The van der Waals surface area contributed by atoms with Gasteiger partial charge in [-0.2, -0.15) is 0 Å². The molecule has 0 fully saturated rings. The Morgan fingerprint density at radius 1 is 0.344 bits per heavy atom. The highest BCUT2D eigenvalue weighted by atomic mass is 16.2. The highest BCUT2D eigenvalue weighted by Gasteiger charge is 2.34. The van der Waals surface area contributed by atoms with Crippen molar-refractivity contribution in [2.24, 2.45) is 83.0 Å². The fourth-order valence-corrected chi connectivity index (χ4v) is 10.8. The Morgan fingerprint density at radius 2 is 0.635 bits per heavy atom. The van der Waals surface area contributed by atoms with Crippen LogP contribution in [-0.4, -0.2) is 167 Å². The number of aromatic nitrogens is 3. The molecule has 518 valence electrons. The summed E-state index contributed by atoms with van der Waals surface area (Å²) in [6, 6.07) is 12.1. The lowest BCUT2D eigenvalue weighted by atomic mass is 10.00. The van der Waals surface area contributed by atoms with Gasteiger partial charge in [-0.3, -0.25) is 58.3 Å². The van der Waals surface area contributed by atoms with E-state index in [0.717, 1.165) is 32.7 Å². The molecule has 0 spiro atoms. The van der Waals surface area contributed by atoms with Crippen LogP contribution in [0.4, 0.5) is 0 Å². The molecule has 33 heteroatoms. The molecule has 0 bridgehead atoms. The molecule has 3 heterocycles. The van der Waals surface area contributed by atoms with Gasteiger partial charge in [-0.05, 0) is 106 Å². The number of aromatic amines is 3. The van der Waals surface area contributed by atoms with Crippen LogP contribution in [0.5, 0.6) is 0 Å². The topological polar surface area (TPSA) is 604 Å². The Balaban J connectivity index is 1.30. The number of primary amides is 1. The number of rotatable bonds is 41. The van der Waals surface area contributed by atoms with Crippen LogP contribution >= 0.6 is 0 Å². The molecule has 0 aliphatic heterocycles. The molecule has 8 amide bonds. The number of guanidine groups is 4. The van der Waals surface area contributed by atoms with E-state index < -0.39 is 95.6 Å². The molecular weight excluding hydrogens is 1230 g/mol. The van der Waals surface area contributed by atoms with Crippen molar-refractivity contribution in [3.63, 3.8) is 0 Å². The van der Waals surface area contributed by atoms with Gasteiger partial charge < -0.3 is 115 Å². The van der Waals surface area contributed by atoms with Gasteiger partial charge in [0.05, 0.1) is 12.1 Å². The summed E-state index contributed by atoms with van der Waals surface area (Å²) in [6.45, 7) is 0.653. The van der Waals surface area contributed by atoms with Crippen molar-refractivity contribution >= 4 is 104 Å². The standard InChI is InChI=1S/C63H93N25O8/c64-41(16-9-25-76-60(67)68)53(90)83-46(22-11-27-78-62(71)72)55(92)75-24-8-7-21-47(85-56(93)48(23-12-28-79-63(73)74)84-54(91)42(65)17-10-26-77-61(69)70)57(94)87-51(31-37-34-82-45-20-6-3-15-40(37)45)59(96)88-50(30-36-33-81-44-19-5-2-14-39(36)44)58(95)86-49(52(66)89)29-35-32-80-43-18-4-1-13-38(35)43/h1-6,13-15,18-20,32-34,41-42,46-51,80-82H,7-12,16-17,21-31,64-65H2,(H2,66,89)(H,75,92)(H,83,90)(H,84,91)(H,85,93)(H,86,95)(H,87,94)(H,88,96)(H4,67,68,76)(H4,69,70,77)(H4,71,72,78)(H4,73,74,79)/t41-,42-,46-,47-,48-,49-,50-,51-/m0/s1. The first-order valence-corrected chi connectivity index (χ1v) is 31.7. The number of hydrogen-bond donors (Lipinski definition) is 21. The summed E-state index contributed by atoms with van der Waals surface area (Å²) in [7, 11) is 0. The number of carbonyl (C=O) groups excluding carboxylic acids is 8. The van der Waals surface area contributed by atoms with Crippen LogP contribution in [0.2, 0.25) is 0 Å². The Labute approximate surface area is 554 Å². The van der Waals surface area contributed by atoms with Gasteiger partial charge in [0.25, 0.3) is 0 Å². The van der Waals surface area contributed by atoms with Crippen LogP contribution in [0.1, 0.15) is 87.3 Å². The molecule has 0 saturated carbocycles. The Kier molecular flexibility index (Phi) is 29.1. The lowest BCUT2D eigenvalue weighted by molar-refractivity contribution is -0.135. The number of hydrogen-bond acceptors (Lipinski definition) is 14. The normalized spacial score (nSPS) is 13.6. The summed E-state index contributed by atoms with van der Waals surface area (Å²) in [5.41, 5.74) is 66.7. The third kappa shape index (κ3) is 23.9. The number of fused-ring (bicyclic) bond motifs is 3. The van der Waals surface area contributed by atoms with E-state index in [9.17, 15) is 28.8 Å². The van der Waals surface area contributed by atoms with Gasteiger partial charge in [0.2, 0.25) is 47.3 Å². The number of nitrogens with zero attached hydrogens (tertiary/aromatic N) is 4. The van der Waals surface area contributed by atoms with E-state index in [1.165, 1.54) is 0 Å². The summed E-state index contributed by atoms with van der Waals surface area (Å²) >= 11 is 0. The third-order valence-electron chi connectivity index (χ3n) is 15.8. The smallest absolute Gasteiger partial charge is 0.243 e. The van der Waals surface area contributed by atoms with E-state index >= 15 is 9.59 Å². The van der Waals surface area contributed by atoms with Gasteiger partial charge in [-0.1, -0.05) is 54.6 Å². The molecule has 33 nitrogen and oxygen atoms in total. The Hall–Kier alpha value is -11.0. The number of nitrogens with one attached hydrogen (secondary N) is 10. The third-order valence-corrected chi connectivity index (χ3v) is 15.8. The summed E-state index contributed by atoms with van der Waals surface area (Å²) < 4.78 is 0. The number of unbranched alkanes of at least 4 members (excludes halogenated alkanes) is 1. The van der Waals surface area contributed by atoms with E-state index in [0.29, 0.717) is 36.0 Å². The second-order valence-corrected chi connectivity index (χ2v) is 23.3. The predicted octanol–water partition coefficient (Wildman–Crippen LogP) is -3.29. The van der Waals surface area contributed by atoms with E-state index in [-0.39, 0.29) is 127 Å². The Bertz CT molecular complexity index is 3710. The molecule has 6 aromatic rings. The largest absolute Gasteiger partial charge is 0.370 e. The van der Waals surface area contributed by atoms with E-state index in [1.54, 1.807) is 18.6 Å². The van der Waals surface area contributed by atoms with Crippen molar-refractivity contribution < 1.29 is 38.4 Å². The van der Waals surface area contributed by atoms with Gasteiger partial charge in [-0.25, -0.2) is 0 Å². The van der Waals surface area contributed by atoms with Crippen molar-refractivity contribution in [2.75, 3.05) is 32.7 Å². The van der Waals surface area contributed by atoms with Crippen molar-refractivity contribution in [3.8, 4) is 0 Å². The minimum atomic E-state index is -1.47. The molecule has 0 aliphatic carbocycles. The molecule has 0 radical (unpaired) electrons. The van der Waals surface area contributed by atoms with Crippen molar-refractivity contribution in [3.05, 3.63) is 108 Å². The minimum absolute atomic E-state index is 0.00596. The van der Waals surface area contributed by atoms with Gasteiger partial charge >= 0.3 is 0 Å². The van der Waals surface area contributed by atoms with Gasteiger partial charge in [0, 0.05) is 103 Å². The second-order valence-electron chi connectivity index (χ2n) is 23.3. The van der Waals surface area contributed by atoms with E-state index in [1.807, 2.05) is 72.8 Å². The highest BCUT2D eigenvalue weighted by Crippen LogP contribution is 2.23. The maximum atomic E-state index is 15.3. The number of carbonyl (C=O) groups is 8. The first kappa shape index (κ1) is 74.1. The van der Waals surface area contributed by atoms with Crippen molar-refractivity contribution in [1.82, 2.24) is 52.2 Å². The fraction of sp³-hybridized carbons (Fsp3) is 0.429. The number of para-hydroxylation sites is 3. The fourth-order valence-electron chi connectivity index (χ4n) is 10.8. The minimum Gasteiger partial charge on any atom is -0.370 e. The van der Waals surface area contributed by atoms with Crippen LogP contribution in [0.15, 0.2) is 111 Å². The lowest BCUT2D eigenvalue weighted by Crippen LogP contribution is -2.60. The maximum Gasteiger partial charge on any atom is 0.243 e. The van der Waals surface area contributed by atoms with E-state index in [2.05, 4.69) is 72.1 Å². The lowest BCUT2D eigenvalue weighted by Gasteiger charge is -2.27. The SMILES string of the molecule is NC(=O)[C@H](Cc1c[nH]c2ccccc12)NC(=O)[C@H](Cc1c[nH]c2ccccc12)NC(=O)[C@H](Cc1c[nH]c2ccccc12)NC(=O)[C@H](CCCCNC(=O)[C@H](CCCN=C(N)N)NC(=O)[C@@H](N)CCCN=C(N)N)NC(=O)[C@H](CCCN=C(N)N)NC(=O)[C@@H](N)CCCN=C(N)N. The number of nitrogens with two attached hydrogens (primary N) is 11. The molecule has 6 rings (SSSR count). The predicted molar refractivity (Wildman–Crippen MR) is 369 cm³/mol. The number of H-pyrrole nitrogens is 3. The quantitative estimate of drug-likeness (QED) is 0.0102. The zero-order valence-corrected chi connectivity index (χ0v) is 53.6. The van der Waals surface area contributed by atoms with Crippen LogP contribution in [0.25, 0.3) is 32.7 Å². The molecule has 8 atom stereocenters. The molecule has 96 heavy (non-hydrogen) atoms. The number of benzene rings is 3. The number of amides is 8. The van der Waals surface area contributed by atoms with Crippen LogP contribution in [-0.2, 0) is 57.6 Å². The molecule has 0 aliphatic rings. The molecule has 32 N–H and O–H groups in total. The summed E-state index contributed by atoms with van der Waals surface area (Å²) in [5, 5.41) is 21.9. The summed E-state index contributed by atoms with van der Waals surface area (Å²) in [4.78, 5) is 140. The average Bonchev–Trinajstić information content (AvgIpc) is 1.67. The maximum absolute atomic E-state index is 15.3. The Morgan fingerprint density at radius 3 is 1.00 bits per heavy atom. The zero-order valence-electron chi connectivity index (χ0n) is 53.6. The van der Waals surface area contributed by atoms with Crippen LogP contribution < -0.4 is 100 Å². The molecule has 0 saturated heterocycles. The number of aliphatic imine (C=N–C) groups is 4. The second kappa shape index (κ2) is 37.7. The first-order valence-electron chi connectivity index (χ1n) is 31.7. The molecule has 3 aromatic heterocycles. The van der Waals surface area contributed by atoms with Crippen LogP contribution in [0.3, 0.4) is 0 Å². The average molecular weight is 1330 g/mol. The summed E-state index contributed by atoms with van der Waals surface area (Å²) in [6.07, 6.45) is 6.73. The summed E-state index contributed by atoms with van der Waals surface area (Å²) in [5.74, 6) is -6.53. The molecule has 0 unspecified atom stereocenters. The van der Waals surface area contributed by atoms with Crippen molar-refractivity contribution in [1.29, 1.82) is 0 Å². The first-order chi connectivity index (χ1) is 46.0. The molecular formula is C63H93N25O8. The van der Waals surface area contributed by atoms with E-state index in [4.69, 9.17) is 63.1 Å². The monoisotopic (exact) mass is 1330 g/mol. The van der Waals surface area contributed by atoms with Gasteiger partial charge in [0.1, 0.15) is 36.3 Å². The highest BCUT2D eigenvalue weighted by molar-refractivity contribution is 5.98. The van der Waals surface area contributed by atoms with Gasteiger partial charge in [-0.15, -0.1) is 0 Å².